The summed E-state index contributed by atoms with van der Waals surface area (Å²) in [6.45, 7) is 12.7. The highest BCUT2D eigenvalue weighted by atomic mass is 16.5. The molecule has 0 saturated carbocycles. The van der Waals surface area contributed by atoms with E-state index in [1.807, 2.05) is 20.8 Å². The first-order chi connectivity index (χ1) is 7.17. The smallest absolute Gasteiger partial charge is 0.310 e. The highest BCUT2D eigenvalue weighted by Gasteiger charge is 2.26. The fourth-order valence-corrected chi connectivity index (χ4v) is 1.42. The van der Waals surface area contributed by atoms with Gasteiger partial charge in [0, 0.05) is 6.54 Å². The zero-order valence-electron chi connectivity index (χ0n) is 11.5. The van der Waals surface area contributed by atoms with Crippen LogP contribution in [0.4, 0.5) is 0 Å². The van der Waals surface area contributed by atoms with Gasteiger partial charge >= 0.3 is 5.97 Å². The maximum Gasteiger partial charge on any atom is 0.310 e. The summed E-state index contributed by atoms with van der Waals surface area (Å²) in [6, 6.07) is 0. The lowest BCUT2D eigenvalue weighted by molar-refractivity contribution is -0.156. The van der Waals surface area contributed by atoms with Crippen molar-refractivity contribution in [2.24, 2.45) is 23.0 Å². The van der Waals surface area contributed by atoms with E-state index in [-0.39, 0.29) is 23.4 Å². The second-order valence-electron chi connectivity index (χ2n) is 6.08. The molecule has 96 valence electrons. The molecule has 2 unspecified atom stereocenters. The van der Waals surface area contributed by atoms with E-state index >= 15 is 0 Å². The van der Waals surface area contributed by atoms with Crippen molar-refractivity contribution in [3.8, 4) is 0 Å². The summed E-state index contributed by atoms with van der Waals surface area (Å²) in [5, 5.41) is 0. The van der Waals surface area contributed by atoms with Crippen LogP contribution in [0, 0.1) is 17.3 Å². The van der Waals surface area contributed by atoms with E-state index in [0.717, 1.165) is 6.42 Å². The molecule has 0 bridgehead atoms. The largest absolute Gasteiger partial charge is 0.462 e. The topological polar surface area (TPSA) is 52.3 Å². The Bertz CT molecular complexity index is 218. The molecular weight excluding hydrogens is 202 g/mol. The van der Waals surface area contributed by atoms with Crippen molar-refractivity contribution in [2.75, 3.05) is 6.54 Å². The number of carbonyl (C=O) groups excluding carboxylic acids is 1. The first kappa shape index (κ1) is 15.4. The maximum absolute atomic E-state index is 11.9. The summed E-state index contributed by atoms with van der Waals surface area (Å²) < 4.78 is 5.39. The van der Waals surface area contributed by atoms with Gasteiger partial charge in [-0.1, -0.05) is 34.6 Å². The molecule has 2 atom stereocenters. The molecule has 0 aliphatic carbocycles. The Labute approximate surface area is 99.7 Å². The molecule has 2 N–H and O–H groups in total. The van der Waals surface area contributed by atoms with Gasteiger partial charge in [0.25, 0.3) is 0 Å². The Morgan fingerprint density at radius 1 is 1.25 bits per heavy atom. The first-order valence-corrected chi connectivity index (χ1v) is 6.08. The van der Waals surface area contributed by atoms with Crippen LogP contribution in [0.5, 0.6) is 0 Å². The normalized spacial score (nSPS) is 16.0. The second kappa shape index (κ2) is 6.24. The molecule has 0 rings (SSSR count). The van der Waals surface area contributed by atoms with Gasteiger partial charge in [0.05, 0.1) is 5.92 Å². The highest BCUT2D eigenvalue weighted by Crippen LogP contribution is 2.25. The molecule has 0 saturated heterocycles. The Morgan fingerprint density at radius 2 is 1.75 bits per heavy atom. The molecule has 0 aromatic carbocycles. The van der Waals surface area contributed by atoms with Gasteiger partial charge in [-0.15, -0.1) is 0 Å². The minimum Gasteiger partial charge on any atom is -0.462 e. The molecule has 0 heterocycles. The molecule has 16 heavy (non-hydrogen) atoms. The van der Waals surface area contributed by atoms with E-state index in [2.05, 4.69) is 20.8 Å². The molecule has 0 spiro atoms. The molecule has 0 aliphatic heterocycles. The van der Waals surface area contributed by atoms with Crippen LogP contribution in [-0.2, 0) is 9.53 Å². The molecular formula is C13H27NO2. The number of rotatable bonds is 5. The van der Waals surface area contributed by atoms with E-state index in [1.54, 1.807) is 0 Å². The van der Waals surface area contributed by atoms with Crippen molar-refractivity contribution < 1.29 is 9.53 Å². The lowest BCUT2D eigenvalue weighted by atomic mass is 9.84. The minimum atomic E-state index is -0.179. The summed E-state index contributed by atoms with van der Waals surface area (Å²) in [7, 11) is 0. The highest BCUT2D eigenvalue weighted by molar-refractivity contribution is 5.73. The number of esters is 1. The molecule has 3 nitrogen and oxygen atoms in total. The SMILES string of the molecule is CC(C)C(C)OC(=O)C(CN)CC(C)(C)C. The van der Waals surface area contributed by atoms with Gasteiger partial charge in [0.1, 0.15) is 6.10 Å². The van der Waals surface area contributed by atoms with Crippen LogP contribution in [0.15, 0.2) is 0 Å². The van der Waals surface area contributed by atoms with Crippen molar-refractivity contribution >= 4 is 5.97 Å². The molecule has 0 aliphatic rings. The number of hydrogen-bond acceptors (Lipinski definition) is 3. The number of carbonyl (C=O) groups is 1. The predicted octanol–water partition coefficient (Wildman–Crippen LogP) is 2.59. The summed E-state index contributed by atoms with van der Waals surface area (Å²) in [5.41, 5.74) is 5.73. The Morgan fingerprint density at radius 3 is 2.06 bits per heavy atom. The van der Waals surface area contributed by atoms with Crippen LogP contribution >= 0.6 is 0 Å². The molecule has 0 fully saturated rings. The van der Waals surface area contributed by atoms with Crippen LogP contribution in [0.2, 0.25) is 0 Å². The molecule has 3 heteroatoms. The van der Waals surface area contributed by atoms with Crippen LogP contribution < -0.4 is 5.73 Å². The zero-order valence-corrected chi connectivity index (χ0v) is 11.5. The minimum absolute atomic E-state index is 0.0403. The van der Waals surface area contributed by atoms with Crippen LogP contribution in [0.25, 0.3) is 0 Å². The van der Waals surface area contributed by atoms with E-state index in [0.29, 0.717) is 12.5 Å². The van der Waals surface area contributed by atoms with Crippen molar-refractivity contribution in [2.45, 2.75) is 54.1 Å². The Balaban J connectivity index is 4.32. The fraction of sp³-hybridized carbons (Fsp3) is 0.923. The van der Waals surface area contributed by atoms with Gasteiger partial charge in [-0.3, -0.25) is 4.79 Å². The first-order valence-electron chi connectivity index (χ1n) is 6.08. The number of hydrogen-bond donors (Lipinski definition) is 1. The van der Waals surface area contributed by atoms with Crippen LogP contribution in [-0.4, -0.2) is 18.6 Å². The van der Waals surface area contributed by atoms with Crippen LogP contribution in [0.3, 0.4) is 0 Å². The molecule has 0 aromatic heterocycles. The summed E-state index contributed by atoms with van der Waals surface area (Å²) in [4.78, 5) is 11.9. The molecule has 0 aromatic rings. The van der Waals surface area contributed by atoms with Crippen molar-refractivity contribution in [1.82, 2.24) is 0 Å². The quantitative estimate of drug-likeness (QED) is 0.737. The van der Waals surface area contributed by atoms with Gasteiger partial charge < -0.3 is 10.5 Å². The number of ether oxygens (including phenoxy) is 1. The summed E-state index contributed by atoms with van der Waals surface area (Å²) in [5.74, 6) is 0.0110. The second-order valence-corrected chi connectivity index (χ2v) is 6.08. The van der Waals surface area contributed by atoms with E-state index in [9.17, 15) is 4.79 Å². The van der Waals surface area contributed by atoms with Crippen molar-refractivity contribution in [1.29, 1.82) is 0 Å². The standard InChI is InChI=1S/C13H27NO2/c1-9(2)10(3)16-12(15)11(8-14)7-13(4,5)6/h9-11H,7-8,14H2,1-6H3. The van der Waals surface area contributed by atoms with E-state index in [1.165, 1.54) is 0 Å². The number of nitrogens with two attached hydrogens (primary N) is 1. The summed E-state index contributed by atoms with van der Waals surface area (Å²) >= 11 is 0. The average molecular weight is 229 g/mol. The summed E-state index contributed by atoms with van der Waals surface area (Å²) in [6.07, 6.45) is 0.731. The van der Waals surface area contributed by atoms with Crippen molar-refractivity contribution in [3.63, 3.8) is 0 Å². The predicted molar refractivity (Wildman–Crippen MR) is 67.0 cm³/mol. The van der Waals surface area contributed by atoms with Crippen LogP contribution in [0.1, 0.15) is 48.0 Å². The third-order valence-corrected chi connectivity index (χ3v) is 2.72. The van der Waals surface area contributed by atoms with Gasteiger partial charge in [0.2, 0.25) is 0 Å². The van der Waals surface area contributed by atoms with Gasteiger partial charge in [0.15, 0.2) is 0 Å². The van der Waals surface area contributed by atoms with E-state index in [4.69, 9.17) is 10.5 Å². The lowest BCUT2D eigenvalue weighted by Gasteiger charge is -2.26. The third-order valence-electron chi connectivity index (χ3n) is 2.72. The Hall–Kier alpha value is -0.570. The molecule has 0 amide bonds. The average Bonchev–Trinajstić information content (AvgIpc) is 2.12. The van der Waals surface area contributed by atoms with E-state index < -0.39 is 0 Å². The van der Waals surface area contributed by atoms with Gasteiger partial charge in [-0.05, 0) is 24.7 Å². The lowest BCUT2D eigenvalue weighted by Crippen LogP contribution is -2.32. The third kappa shape index (κ3) is 6.11. The van der Waals surface area contributed by atoms with Crippen molar-refractivity contribution in [3.05, 3.63) is 0 Å². The van der Waals surface area contributed by atoms with Gasteiger partial charge in [-0.2, -0.15) is 0 Å². The monoisotopic (exact) mass is 229 g/mol. The maximum atomic E-state index is 11.9. The zero-order chi connectivity index (χ0) is 12.9. The fourth-order valence-electron chi connectivity index (χ4n) is 1.42. The Kier molecular flexibility index (Phi) is 6.01. The molecule has 0 radical (unpaired) electrons. The van der Waals surface area contributed by atoms with Gasteiger partial charge in [-0.25, -0.2) is 0 Å².